The number of nitrogens with one attached hydrogen (secondary N) is 2. The lowest BCUT2D eigenvalue weighted by Crippen LogP contribution is -2.26. The summed E-state index contributed by atoms with van der Waals surface area (Å²) < 4.78 is 0. The van der Waals surface area contributed by atoms with Crippen molar-refractivity contribution in [1.82, 2.24) is 15.6 Å². The van der Waals surface area contributed by atoms with Gasteiger partial charge in [0.1, 0.15) is 5.78 Å². The van der Waals surface area contributed by atoms with E-state index in [2.05, 4.69) is 151 Å². The molecule has 11 heteroatoms. The fraction of sp³-hybridized carbons (Fsp3) is 0.491. The highest BCUT2D eigenvalue weighted by molar-refractivity contribution is 8.77. The number of pyridine rings is 1. The molecule has 0 saturated carbocycles. The lowest BCUT2D eigenvalue weighted by Gasteiger charge is -2.06. The zero-order valence-electron chi connectivity index (χ0n) is 40.4. The fourth-order valence-corrected chi connectivity index (χ4v) is 9.15. The Labute approximate surface area is 417 Å². The molecule has 0 aliphatic rings. The topological polar surface area (TPSA) is 114 Å². The van der Waals surface area contributed by atoms with Gasteiger partial charge in [0, 0.05) is 74.3 Å². The summed E-state index contributed by atoms with van der Waals surface area (Å²) in [7, 11) is 7.03. The molecule has 0 radical (unpaired) electrons. The van der Waals surface area contributed by atoms with E-state index in [0.29, 0.717) is 30.9 Å². The Kier molecular flexibility index (Phi) is 51.3. The van der Waals surface area contributed by atoms with Crippen LogP contribution in [0.2, 0.25) is 0 Å². The second-order valence-corrected chi connectivity index (χ2v) is 20.2. The molecule has 0 aliphatic heterocycles. The Morgan fingerprint density at radius 1 is 0.515 bits per heavy atom. The van der Waals surface area contributed by atoms with Gasteiger partial charge >= 0.3 is 0 Å². The van der Waals surface area contributed by atoms with Crippen LogP contribution in [0.25, 0.3) is 0 Å². The molecular weight excluding hydrogens is 893 g/mol. The largest absolute Gasteiger partial charge is 0.355 e. The first-order valence-corrected chi connectivity index (χ1v) is 29.2. The highest BCUT2D eigenvalue weighted by Crippen LogP contribution is 2.22. The van der Waals surface area contributed by atoms with Crippen molar-refractivity contribution in [3.63, 3.8) is 0 Å². The van der Waals surface area contributed by atoms with E-state index >= 15 is 0 Å². The average Bonchev–Trinajstić information content (AvgIpc) is 3.33. The van der Waals surface area contributed by atoms with Crippen LogP contribution in [0.3, 0.4) is 0 Å². The maximum atomic E-state index is 11.9. The Morgan fingerprint density at radius 3 is 1.38 bits per heavy atom. The summed E-state index contributed by atoms with van der Waals surface area (Å²) in [5, 5.41) is 5.84. The summed E-state index contributed by atoms with van der Waals surface area (Å²) in [4.78, 5) is 39.6. The molecule has 0 aliphatic carbocycles. The number of hydrogen-bond acceptors (Lipinski definition) is 9. The van der Waals surface area contributed by atoms with E-state index in [0.717, 1.165) is 139 Å². The summed E-state index contributed by atoms with van der Waals surface area (Å²) >= 11 is 0. The van der Waals surface area contributed by atoms with Crippen LogP contribution in [-0.2, 0) is 9.59 Å². The van der Waals surface area contributed by atoms with Gasteiger partial charge in [-0.15, -0.1) is 0 Å². The van der Waals surface area contributed by atoms with Gasteiger partial charge in [-0.1, -0.05) is 179 Å². The van der Waals surface area contributed by atoms with Crippen molar-refractivity contribution in [1.29, 1.82) is 0 Å². The van der Waals surface area contributed by atoms with Gasteiger partial charge < -0.3 is 16.4 Å². The number of ketones is 1. The van der Waals surface area contributed by atoms with Gasteiger partial charge in [0.15, 0.2) is 0 Å². The van der Waals surface area contributed by atoms with E-state index in [4.69, 9.17) is 5.73 Å². The highest BCUT2D eigenvalue weighted by atomic mass is 33.1. The van der Waals surface area contributed by atoms with Crippen molar-refractivity contribution in [2.45, 2.75) is 129 Å². The fourth-order valence-electron chi connectivity index (χ4n) is 5.40. The molecule has 0 atom stereocenters. The third-order valence-electron chi connectivity index (χ3n) is 8.87. The third kappa shape index (κ3) is 49.9. The molecule has 2 amide bonds. The number of rotatable bonds is 41. The normalized spacial score (nSPS) is 12.3. The summed E-state index contributed by atoms with van der Waals surface area (Å²) in [5.74, 6) is 4.12. The maximum Gasteiger partial charge on any atom is 0.252 e. The molecule has 366 valence electrons. The standard InChI is InChI=1S/C30H43N3O2S2.C25H41NOS2/c1-2-3-4-5-6-7-8-9-10-11-12-13-14-15-16-17-18-21-29(34)32-23-25-36-37-26-24-33-30(35)28-20-19-22-31-27-28;1-2-3-4-5-6-7-8-9-10-11-12-13-14-15-16-17-18-20-25(27)21-19-23-28-29-24-22-26/h3-4,6-7,9-10,12-13,15-16,19-20,22,27H,2,5,8,11,14,17-18,21,23-26H2,1H3,(H,32,34)(H,33,35);3-4,6-7,9-10,12-13,15-16H,2,5,8,11,14,17-24,26H2,1H3/b2*4-3-,7-6-,10-9-,13-12-,16-15-. The van der Waals surface area contributed by atoms with Crippen molar-refractivity contribution in [2.75, 3.05) is 42.6 Å². The molecule has 66 heavy (non-hydrogen) atoms. The average molecular weight is 978 g/mol. The minimum atomic E-state index is -0.101. The molecule has 1 heterocycles. The number of hydrogen-bond donors (Lipinski definition) is 3. The van der Waals surface area contributed by atoms with Crippen LogP contribution >= 0.6 is 43.2 Å². The Morgan fingerprint density at radius 2 is 0.924 bits per heavy atom. The van der Waals surface area contributed by atoms with Crippen molar-refractivity contribution in [2.24, 2.45) is 5.73 Å². The van der Waals surface area contributed by atoms with Crippen LogP contribution in [-0.4, -0.2) is 65.2 Å². The molecular formula is C55H84N4O3S4. The number of amides is 2. The summed E-state index contributed by atoms with van der Waals surface area (Å²) in [5.41, 5.74) is 6.02. The molecule has 0 spiro atoms. The molecule has 1 rings (SSSR count). The second-order valence-electron chi connectivity index (χ2n) is 14.8. The Balaban J connectivity index is 0.00000132. The Hall–Kier alpha value is -3.48. The minimum absolute atomic E-state index is 0.101. The first kappa shape index (κ1) is 62.5. The number of unbranched alkanes of at least 4 members (excludes halogenated alkanes) is 2. The number of aromatic nitrogens is 1. The molecule has 0 unspecified atom stereocenters. The van der Waals surface area contributed by atoms with Crippen molar-refractivity contribution < 1.29 is 14.4 Å². The number of allylic oxidation sites excluding steroid dienone is 20. The van der Waals surface area contributed by atoms with Crippen LogP contribution in [0, 0.1) is 0 Å². The lowest BCUT2D eigenvalue weighted by molar-refractivity contribution is -0.121. The van der Waals surface area contributed by atoms with Gasteiger partial charge in [-0.3, -0.25) is 19.4 Å². The minimum Gasteiger partial charge on any atom is -0.355 e. The molecule has 0 aromatic carbocycles. The summed E-state index contributed by atoms with van der Waals surface area (Å²) in [6.45, 7) is 6.31. The van der Waals surface area contributed by atoms with E-state index in [-0.39, 0.29) is 11.8 Å². The van der Waals surface area contributed by atoms with E-state index < -0.39 is 0 Å². The first-order valence-electron chi connectivity index (χ1n) is 24.2. The number of nitrogens with zero attached hydrogens (tertiary/aromatic N) is 1. The van der Waals surface area contributed by atoms with Gasteiger partial charge in [-0.25, -0.2) is 0 Å². The quantitative estimate of drug-likeness (QED) is 0.0335. The SMILES string of the molecule is CC/C=C\C/C=C\C/C=C\C/C=C\C/C=C\CCCC(=O)CCCSSCCN.CC/C=C\C/C=C\C/C=C\C/C=C\C/C=C\CCCC(=O)NCCSSCCNC(=O)c1cccnc1. The number of carbonyl (C=O) groups is 3. The van der Waals surface area contributed by atoms with Crippen LogP contribution < -0.4 is 16.4 Å². The molecule has 0 fully saturated rings. The molecule has 7 nitrogen and oxygen atoms in total. The van der Waals surface area contributed by atoms with Gasteiger partial charge in [0.2, 0.25) is 5.91 Å². The number of carbonyl (C=O) groups excluding carboxylic acids is 3. The molecule has 4 N–H and O–H groups in total. The molecule has 1 aromatic rings. The summed E-state index contributed by atoms with van der Waals surface area (Å²) in [6.07, 6.45) is 64.1. The van der Waals surface area contributed by atoms with Crippen LogP contribution in [0.5, 0.6) is 0 Å². The van der Waals surface area contributed by atoms with Crippen LogP contribution in [0.15, 0.2) is 146 Å². The zero-order valence-corrected chi connectivity index (χ0v) is 43.7. The predicted molar refractivity (Wildman–Crippen MR) is 299 cm³/mol. The monoisotopic (exact) mass is 977 g/mol. The van der Waals surface area contributed by atoms with E-state index in [1.54, 1.807) is 56.9 Å². The van der Waals surface area contributed by atoms with E-state index in [1.807, 2.05) is 10.8 Å². The van der Waals surface area contributed by atoms with Crippen molar-refractivity contribution in [3.8, 4) is 0 Å². The van der Waals surface area contributed by atoms with E-state index in [9.17, 15) is 14.4 Å². The van der Waals surface area contributed by atoms with Crippen LogP contribution in [0.4, 0.5) is 0 Å². The molecule has 1 aromatic heterocycles. The zero-order chi connectivity index (χ0) is 47.9. The van der Waals surface area contributed by atoms with Gasteiger partial charge in [-0.2, -0.15) is 0 Å². The van der Waals surface area contributed by atoms with Crippen molar-refractivity contribution >= 4 is 60.8 Å². The molecule has 0 bridgehead atoms. The second kappa shape index (κ2) is 54.1. The number of Topliss-reactive ketones (excluding diaryl/α,β-unsaturated/α-hetero) is 1. The highest BCUT2D eigenvalue weighted by Gasteiger charge is 2.04. The van der Waals surface area contributed by atoms with Gasteiger partial charge in [0.05, 0.1) is 5.56 Å². The van der Waals surface area contributed by atoms with Crippen molar-refractivity contribution in [3.05, 3.63) is 152 Å². The van der Waals surface area contributed by atoms with Gasteiger partial charge in [0.25, 0.3) is 5.91 Å². The number of nitrogens with two attached hydrogens (primary N) is 1. The third-order valence-corrected chi connectivity index (χ3v) is 13.8. The summed E-state index contributed by atoms with van der Waals surface area (Å²) in [6, 6.07) is 3.50. The first-order chi connectivity index (χ1) is 32.5. The Bertz CT molecular complexity index is 1600. The maximum absolute atomic E-state index is 11.9. The van der Waals surface area contributed by atoms with Crippen LogP contribution in [0.1, 0.15) is 140 Å². The van der Waals surface area contributed by atoms with Gasteiger partial charge in [-0.05, 0) is 108 Å². The smallest absolute Gasteiger partial charge is 0.252 e. The lowest BCUT2D eigenvalue weighted by atomic mass is 10.1. The van der Waals surface area contributed by atoms with E-state index in [1.165, 1.54) is 0 Å². The molecule has 0 saturated heterocycles. The predicted octanol–water partition coefficient (Wildman–Crippen LogP) is 14.8.